The third-order valence-electron chi connectivity index (χ3n) is 4.12. The van der Waals surface area contributed by atoms with Crippen LogP contribution in [0, 0.1) is 17.8 Å². The van der Waals surface area contributed by atoms with Gasteiger partial charge < -0.3 is 4.74 Å². The molecule has 2 nitrogen and oxygen atoms in total. The molecule has 0 aromatic heterocycles. The Morgan fingerprint density at radius 3 is 2.67 bits per heavy atom. The van der Waals surface area contributed by atoms with E-state index in [2.05, 4.69) is 6.92 Å². The summed E-state index contributed by atoms with van der Waals surface area (Å²) in [5, 5.41) is 0. The Kier molecular flexibility index (Phi) is 3.32. The summed E-state index contributed by atoms with van der Waals surface area (Å²) in [6.07, 6.45) is 7.20. The van der Waals surface area contributed by atoms with E-state index in [0.29, 0.717) is 12.3 Å². The Hall–Kier alpha value is -0.530. The van der Waals surface area contributed by atoms with Crippen molar-refractivity contribution in [1.82, 2.24) is 0 Å². The van der Waals surface area contributed by atoms with Crippen LogP contribution in [-0.4, -0.2) is 12.1 Å². The van der Waals surface area contributed by atoms with Crippen molar-refractivity contribution >= 4 is 5.97 Å². The zero-order valence-electron chi connectivity index (χ0n) is 9.87. The van der Waals surface area contributed by atoms with Crippen molar-refractivity contribution in [1.29, 1.82) is 0 Å². The largest absolute Gasteiger partial charge is 0.462 e. The second-order valence-corrected chi connectivity index (χ2v) is 5.17. The fraction of sp³-hybridized carbons (Fsp3) is 0.923. The monoisotopic (exact) mass is 210 g/mol. The number of ether oxygens (including phenoxy) is 1. The SMILES string of the molecule is CCCC1CC2CC(OC(=O)CC)C1C2. The number of hydrogen-bond acceptors (Lipinski definition) is 2. The minimum Gasteiger partial charge on any atom is -0.462 e. The predicted octanol–water partition coefficient (Wildman–Crippen LogP) is 3.15. The lowest BCUT2D eigenvalue weighted by atomic mass is 9.84. The lowest BCUT2D eigenvalue weighted by molar-refractivity contribution is -0.152. The molecule has 2 saturated carbocycles. The third kappa shape index (κ3) is 2.19. The van der Waals surface area contributed by atoms with Crippen molar-refractivity contribution in [3.05, 3.63) is 0 Å². The van der Waals surface area contributed by atoms with Gasteiger partial charge in [0.25, 0.3) is 0 Å². The number of fused-ring (bicyclic) bond motifs is 2. The minimum atomic E-state index is -0.0113. The molecule has 0 aromatic rings. The maximum Gasteiger partial charge on any atom is 0.305 e. The normalized spacial score (nSPS) is 38.3. The molecule has 2 bridgehead atoms. The Morgan fingerprint density at radius 1 is 1.27 bits per heavy atom. The summed E-state index contributed by atoms with van der Waals surface area (Å²) < 4.78 is 5.53. The van der Waals surface area contributed by atoms with Crippen molar-refractivity contribution in [3.63, 3.8) is 0 Å². The van der Waals surface area contributed by atoms with E-state index in [1.807, 2.05) is 6.92 Å². The van der Waals surface area contributed by atoms with Gasteiger partial charge in [0, 0.05) is 6.42 Å². The Morgan fingerprint density at radius 2 is 2.07 bits per heavy atom. The molecule has 86 valence electrons. The van der Waals surface area contributed by atoms with Crippen LogP contribution in [0.25, 0.3) is 0 Å². The first-order chi connectivity index (χ1) is 7.24. The quantitative estimate of drug-likeness (QED) is 0.666. The van der Waals surface area contributed by atoms with Gasteiger partial charge in [-0.1, -0.05) is 26.7 Å². The van der Waals surface area contributed by atoms with Gasteiger partial charge in [-0.2, -0.15) is 0 Å². The molecule has 0 heterocycles. The zero-order chi connectivity index (χ0) is 10.8. The van der Waals surface area contributed by atoms with E-state index in [9.17, 15) is 4.79 Å². The van der Waals surface area contributed by atoms with Gasteiger partial charge >= 0.3 is 5.97 Å². The van der Waals surface area contributed by atoms with E-state index in [-0.39, 0.29) is 12.1 Å². The number of hydrogen-bond donors (Lipinski definition) is 0. The summed E-state index contributed by atoms with van der Waals surface area (Å²) in [4.78, 5) is 11.3. The molecule has 2 aliphatic carbocycles. The van der Waals surface area contributed by atoms with E-state index in [4.69, 9.17) is 4.74 Å². The summed E-state index contributed by atoms with van der Waals surface area (Å²) in [6.45, 7) is 4.12. The molecule has 2 fully saturated rings. The number of rotatable bonds is 4. The summed E-state index contributed by atoms with van der Waals surface area (Å²) in [6, 6.07) is 0. The lowest BCUT2D eigenvalue weighted by Gasteiger charge is -2.29. The highest BCUT2D eigenvalue weighted by atomic mass is 16.5. The molecular weight excluding hydrogens is 188 g/mol. The van der Waals surface area contributed by atoms with Crippen LogP contribution in [0.3, 0.4) is 0 Å². The van der Waals surface area contributed by atoms with Gasteiger partial charge in [-0.05, 0) is 37.0 Å². The predicted molar refractivity (Wildman–Crippen MR) is 59.4 cm³/mol. The van der Waals surface area contributed by atoms with E-state index in [0.717, 1.165) is 18.3 Å². The van der Waals surface area contributed by atoms with Crippen LogP contribution in [0.15, 0.2) is 0 Å². The second-order valence-electron chi connectivity index (χ2n) is 5.17. The molecule has 2 aliphatic rings. The highest BCUT2D eigenvalue weighted by Gasteiger charge is 2.47. The Labute approximate surface area is 92.4 Å². The Bertz CT molecular complexity index is 237. The van der Waals surface area contributed by atoms with E-state index >= 15 is 0 Å². The molecule has 4 unspecified atom stereocenters. The van der Waals surface area contributed by atoms with Crippen LogP contribution in [-0.2, 0) is 9.53 Å². The summed E-state index contributed by atoms with van der Waals surface area (Å²) in [5.74, 6) is 2.36. The van der Waals surface area contributed by atoms with Gasteiger partial charge in [0.15, 0.2) is 0 Å². The van der Waals surface area contributed by atoms with Crippen LogP contribution in [0.2, 0.25) is 0 Å². The van der Waals surface area contributed by atoms with Crippen molar-refractivity contribution in [3.8, 4) is 0 Å². The molecule has 0 amide bonds. The molecule has 0 aliphatic heterocycles. The zero-order valence-corrected chi connectivity index (χ0v) is 9.87. The molecule has 0 N–H and O–H groups in total. The Balaban J connectivity index is 1.90. The topological polar surface area (TPSA) is 26.3 Å². The first-order valence-electron chi connectivity index (χ1n) is 6.44. The molecule has 0 aromatic carbocycles. The maximum absolute atomic E-state index is 11.3. The number of carbonyl (C=O) groups is 1. The van der Waals surface area contributed by atoms with Crippen molar-refractivity contribution in [2.45, 2.75) is 58.5 Å². The van der Waals surface area contributed by atoms with Gasteiger partial charge in [-0.25, -0.2) is 0 Å². The summed E-state index contributed by atoms with van der Waals surface area (Å²) in [5.41, 5.74) is 0. The maximum atomic E-state index is 11.3. The number of esters is 1. The van der Waals surface area contributed by atoms with Crippen LogP contribution < -0.4 is 0 Å². The smallest absolute Gasteiger partial charge is 0.305 e. The summed E-state index contributed by atoms with van der Waals surface area (Å²) >= 11 is 0. The van der Waals surface area contributed by atoms with Crippen LogP contribution in [0.4, 0.5) is 0 Å². The van der Waals surface area contributed by atoms with Crippen molar-refractivity contribution in [2.75, 3.05) is 0 Å². The molecule has 2 rings (SSSR count). The first kappa shape index (κ1) is 11.0. The van der Waals surface area contributed by atoms with E-state index in [1.165, 1.54) is 25.7 Å². The van der Waals surface area contributed by atoms with Gasteiger partial charge in [-0.3, -0.25) is 4.79 Å². The molecule has 0 radical (unpaired) electrons. The van der Waals surface area contributed by atoms with Gasteiger partial charge in [0.1, 0.15) is 6.10 Å². The van der Waals surface area contributed by atoms with Crippen molar-refractivity contribution < 1.29 is 9.53 Å². The number of carbonyl (C=O) groups excluding carboxylic acids is 1. The fourth-order valence-corrected chi connectivity index (χ4v) is 3.52. The van der Waals surface area contributed by atoms with Crippen LogP contribution in [0.1, 0.15) is 52.4 Å². The third-order valence-corrected chi connectivity index (χ3v) is 4.12. The summed E-state index contributed by atoms with van der Waals surface area (Å²) in [7, 11) is 0. The minimum absolute atomic E-state index is 0.0113. The van der Waals surface area contributed by atoms with Gasteiger partial charge in [0.2, 0.25) is 0 Å². The van der Waals surface area contributed by atoms with Crippen LogP contribution >= 0.6 is 0 Å². The standard InChI is InChI=1S/C13H22O2/c1-3-5-10-6-9-7-11(10)12(8-9)15-13(14)4-2/h9-12H,3-8H2,1-2H3. The lowest BCUT2D eigenvalue weighted by Crippen LogP contribution is -2.29. The van der Waals surface area contributed by atoms with Gasteiger partial charge in [-0.15, -0.1) is 0 Å². The van der Waals surface area contributed by atoms with E-state index < -0.39 is 0 Å². The second kappa shape index (κ2) is 4.54. The van der Waals surface area contributed by atoms with Gasteiger partial charge in [0.05, 0.1) is 0 Å². The average Bonchev–Trinajstić information content (AvgIpc) is 2.77. The average molecular weight is 210 g/mol. The fourth-order valence-electron chi connectivity index (χ4n) is 3.52. The molecule has 15 heavy (non-hydrogen) atoms. The molecule has 4 atom stereocenters. The van der Waals surface area contributed by atoms with Crippen LogP contribution in [0.5, 0.6) is 0 Å². The highest BCUT2D eigenvalue weighted by Crippen LogP contribution is 2.51. The van der Waals surface area contributed by atoms with E-state index in [1.54, 1.807) is 0 Å². The molecule has 2 heteroatoms. The molecule has 0 saturated heterocycles. The molecule has 0 spiro atoms. The highest BCUT2D eigenvalue weighted by molar-refractivity contribution is 5.69. The van der Waals surface area contributed by atoms with Crippen molar-refractivity contribution in [2.24, 2.45) is 17.8 Å². The first-order valence-corrected chi connectivity index (χ1v) is 6.44. The molecular formula is C13H22O2.